The standard InChI is InChI=1S/C20H12BrN3O4/c21-15-2-1-3-16(11-15)23-20(25)14(12-22)10-18-8-9-19(28-18)13-4-6-17(7-5-13)24(26)27/h1-11H,(H,23,25)/b14-10+. The van der Waals surface area contributed by atoms with E-state index in [0.29, 0.717) is 22.8 Å². The molecule has 3 rings (SSSR count). The molecule has 2 aromatic carbocycles. The van der Waals surface area contributed by atoms with Crippen LogP contribution in [0.1, 0.15) is 5.76 Å². The SMILES string of the molecule is N#C/C(=C\c1ccc(-c2ccc([N+](=O)[O-])cc2)o1)C(=O)Nc1cccc(Br)c1. The first-order chi connectivity index (χ1) is 13.5. The van der Waals surface area contributed by atoms with Crippen LogP contribution in [0.5, 0.6) is 0 Å². The lowest BCUT2D eigenvalue weighted by Crippen LogP contribution is -2.13. The molecule has 0 saturated heterocycles. The lowest BCUT2D eigenvalue weighted by molar-refractivity contribution is -0.384. The summed E-state index contributed by atoms with van der Waals surface area (Å²) in [5, 5.41) is 22.7. The zero-order valence-corrected chi connectivity index (χ0v) is 15.8. The minimum atomic E-state index is -0.561. The third-order valence-corrected chi connectivity index (χ3v) is 4.22. The molecular formula is C20H12BrN3O4. The number of furan rings is 1. The molecule has 0 spiro atoms. The number of nitro groups is 1. The second-order valence-corrected chi connectivity index (χ2v) is 6.56. The number of carbonyl (C=O) groups excluding carboxylic acids is 1. The third-order valence-electron chi connectivity index (χ3n) is 3.72. The van der Waals surface area contributed by atoms with Crippen molar-refractivity contribution in [1.82, 2.24) is 0 Å². The summed E-state index contributed by atoms with van der Waals surface area (Å²) in [6, 6.07) is 18.0. The highest BCUT2D eigenvalue weighted by Crippen LogP contribution is 2.25. The van der Waals surface area contributed by atoms with E-state index in [1.165, 1.54) is 18.2 Å². The maximum Gasteiger partial charge on any atom is 0.269 e. The molecule has 1 heterocycles. The number of nitrogens with zero attached hydrogens (tertiary/aromatic N) is 2. The highest BCUT2D eigenvalue weighted by Gasteiger charge is 2.12. The van der Waals surface area contributed by atoms with Gasteiger partial charge in [0.15, 0.2) is 0 Å². The van der Waals surface area contributed by atoms with Gasteiger partial charge in [-0.15, -0.1) is 0 Å². The quantitative estimate of drug-likeness (QED) is 0.256. The Morgan fingerprint density at radius 3 is 2.57 bits per heavy atom. The number of rotatable bonds is 5. The van der Waals surface area contributed by atoms with Crippen molar-refractivity contribution in [3.63, 3.8) is 0 Å². The molecule has 0 bridgehead atoms. The first-order valence-corrected chi connectivity index (χ1v) is 8.79. The molecule has 1 N–H and O–H groups in total. The second-order valence-electron chi connectivity index (χ2n) is 5.64. The van der Waals surface area contributed by atoms with Gasteiger partial charge in [-0.3, -0.25) is 14.9 Å². The highest BCUT2D eigenvalue weighted by molar-refractivity contribution is 9.10. The number of anilines is 1. The smallest absolute Gasteiger partial charge is 0.269 e. The predicted octanol–water partition coefficient (Wildman–Crippen LogP) is 5.16. The maximum atomic E-state index is 12.3. The summed E-state index contributed by atoms with van der Waals surface area (Å²) in [6.45, 7) is 0. The molecule has 0 atom stereocenters. The Hall–Kier alpha value is -3.70. The van der Waals surface area contributed by atoms with Crippen LogP contribution in [0.15, 0.2) is 75.1 Å². The summed E-state index contributed by atoms with van der Waals surface area (Å²) in [5.41, 5.74) is 1.05. The number of nitrogens with one attached hydrogen (secondary N) is 1. The summed E-state index contributed by atoms with van der Waals surface area (Å²) >= 11 is 3.31. The van der Waals surface area contributed by atoms with E-state index in [9.17, 15) is 20.2 Å². The van der Waals surface area contributed by atoms with Gasteiger partial charge >= 0.3 is 0 Å². The van der Waals surface area contributed by atoms with Gasteiger partial charge in [0.1, 0.15) is 23.2 Å². The van der Waals surface area contributed by atoms with Crippen LogP contribution in [0.2, 0.25) is 0 Å². The monoisotopic (exact) mass is 437 g/mol. The molecule has 0 radical (unpaired) electrons. The average molecular weight is 438 g/mol. The molecule has 28 heavy (non-hydrogen) atoms. The first kappa shape index (κ1) is 19.1. The molecule has 0 aliphatic carbocycles. The maximum absolute atomic E-state index is 12.3. The zero-order valence-electron chi connectivity index (χ0n) is 14.3. The summed E-state index contributed by atoms with van der Waals surface area (Å²) in [7, 11) is 0. The molecule has 0 fully saturated rings. The van der Waals surface area contributed by atoms with E-state index in [1.807, 2.05) is 12.1 Å². The third kappa shape index (κ3) is 4.52. The molecule has 0 aliphatic rings. The fraction of sp³-hybridized carbons (Fsp3) is 0. The molecule has 0 unspecified atom stereocenters. The van der Waals surface area contributed by atoms with Gasteiger partial charge in [-0.2, -0.15) is 5.26 Å². The summed E-state index contributed by atoms with van der Waals surface area (Å²) in [5.74, 6) is 0.217. The van der Waals surface area contributed by atoms with Gasteiger partial charge in [-0.1, -0.05) is 22.0 Å². The van der Waals surface area contributed by atoms with Crippen LogP contribution in [-0.2, 0) is 4.79 Å². The first-order valence-electron chi connectivity index (χ1n) is 7.99. The van der Waals surface area contributed by atoms with Crippen LogP contribution in [-0.4, -0.2) is 10.8 Å². The van der Waals surface area contributed by atoms with Crippen molar-refractivity contribution in [2.75, 3.05) is 5.32 Å². The molecular weight excluding hydrogens is 426 g/mol. The molecule has 1 aromatic heterocycles. The van der Waals surface area contributed by atoms with Gasteiger partial charge in [-0.25, -0.2) is 0 Å². The Morgan fingerprint density at radius 1 is 1.18 bits per heavy atom. The minimum absolute atomic E-state index is 0.0218. The molecule has 7 nitrogen and oxygen atoms in total. The summed E-state index contributed by atoms with van der Waals surface area (Å²) in [4.78, 5) is 22.6. The topological polar surface area (TPSA) is 109 Å². The number of benzene rings is 2. The lowest BCUT2D eigenvalue weighted by atomic mass is 10.1. The number of carbonyl (C=O) groups is 1. The van der Waals surface area contributed by atoms with E-state index in [0.717, 1.165) is 4.47 Å². The van der Waals surface area contributed by atoms with Crippen LogP contribution < -0.4 is 5.32 Å². The summed E-state index contributed by atoms with van der Waals surface area (Å²) in [6.07, 6.45) is 1.34. The van der Waals surface area contributed by atoms with E-state index in [-0.39, 0.29) is 11.3 Å². The summed E-state index contributed by atoms with van der Waals surface area (Å²) < 4.78 is 6.43. The van der Waals surface area contributed by atoms with E-state index < -0.39 is 10.8 Å². The molecule has 138 valence electrons. The van der Waals surface area contributed by atoms with Gasteiger partial charge in [-0.05, 0) is 42.5 Å². The number of hydrogen-bond donors (Lipinski definition) is 1. The predicted molar refractivity (Wildman–Crippen MR) is 107 cm³/mol. The fourth-order valence-corrected chi connectivity index (χ4v) is 2.79. The molecule has 8 heteroatoms. The number of amides is 1. The van der Waals surface area contributed by atoms with Crippen LogP contribution in [0, 0.1) is 21.4 Å². The van der Waals surface area contributed by atoms with Gasteiger partial charge in [0.25, 0.3) is 11.6 Å². The van der Waals surface area contributed by atoms with E-state index in [1.54, 1.807) is 42.5 Å². The molecule has 0 aliphatic heterocycles. The highest BCUT2D eigenvalue weighted by atomic mass is 79.9. The number of non-ortho nitro benzene ring substituents is 1. The van der Waals surface area contributed by atoms with E-state index >= 15 is 0 Å². The van der Waals surface area contributed by atoms with Crippen LogP contribution in [0.25, 0.3) is 17.4 Å². The van der Waals surface area contributed by atoms with Gasteiger partial charge in [0.2, 0.25) is 0 Å². The largest absolute Gasteiger partial charge is 0.457 e. The van der Waals surface area contributed by atoms with Crippen molar-refractivity contribution in [2.45, 2.75) is 0 Å². The van der Waals surface area contributed by atoms with Gasteiger partial charge < -0.3 is 9.73 Å². The van der Waals surface area contributed by atoms with Crippen molar-refractivity contribution in [2.24, 2.45) is 0 Å². The lowest BCUT2D eigenvalue weighted by Gasteiger charge is -2.04. The molecule has 0 saturated carbocycles. The van der Waals surface area contributed by atoms with Gasteiger partial charge in [0.05, 0.1) is 4.92 Å². The van der Waals surface area contributed by atoms with Crippen LogP contribution in [0.4, 0.5) is 11.4 Å². The Labute approximate surface area is 168 Å². The van der Waals surface area contributed by atoms with E-state index in [4.69, 9.17) is 4.42 Å². The Kier molecular flexibility index (Phi) is 5.67. The number of hydrogen-bond acceptors (Lipinski definition) is 5. The molecule has 3 aromatic rings. The Bertz CT molecular complexity index is 1110. The Balaban J connectivity index is 1.79. The molecule has 1 amide bonds. The van der Waals surface area contributed by atoms with Crippen molar-refractivity contribution < 1.29 is 14.1 Å². The van der Waals surface area contributed by atoms with Gasteiger partial charge in [0, 0.05) is 33.9 Å². The van der Waals surface area contributed by atoms with Crippen molar-refractivity contribution in [3.8, 4) is 17.4 Å². The average Bonchev–Trinajstić information content (AvgIpc) is 3.14. The zero-order chi connectivity index (χ0) is 20.1. The fourth-order valence-electron chi connectivity index (χ4n) is 2.39. The van der Waals surface area contributed by atoms with Crippen molar-refractivity contribution in [1.29, 1.82) is 5.26 Å². The van der Waals surface area contributed by atoms with Crippen LogP contribution in [0.3, 0.4) is 0 Å². The van der Waals surface area contributed by atoms with Crippen LogP contribution >= 0.6 is 15.9 Å². The van der Waals surface area contributed by atoms with E-state index in [2.05, 4.69) is 21.2 Å². The van der Waals surface area contributed by atoms with Crippen molar-refractivity contribution >= 4 is 39.3 Å². The normalized spacial score (nSPS) is 10.9. The second kappa shape index (κ2) is 8.33. The number of nitriles is 1. The Morgan fingerprint density at radius 2 is 1.93 bits per heavy atom. The minimum Gasteiger partial charge on any atom is -0.457 e. The number of nitro benzene ring substituents is 1. The van der Waals surface area contributed by atoms with Crippen molar-refractivity contribution in [3.05, 3.63) is 86.6 Å². The number of halogens is 1.